The van der Waals surface area contributed by atoms with E-state index in [0.717, 1.165) is 17.7 Å². The molecule has 0 fully saturated rings. The molecule has 1 atom stereocenters. The van der Waals surface area contributed by atoms with Crippen LogP contribution in [0.3, 0.4) is 0 Å². The molecule has 0 heterocycles. The second-order valence-electron chi connectivity index (χ2n) is 5.84. The van der Waals surface area contributed by atoms with Gasteiger partial charge in [0.1, 0.15) is 0 Å². The molecule has 0 radical (unpaired) electrons. The fourth-order valence-electron chi connectivity index (χ4n) is 2.62. The Bertz CT molecular complexity index is 569. The number of aliphatic hydroxyl groups excluding tert-OH is 1. The average molecular weight is 283 g/mol. The summed E-state index contributed by atoms with van der Waals surface area (Å²) in [6.07, 6.45) is 0.556. The smallest absolute Gasteiger partial charge is 0.0964 e. The fraction of sp³-hybridized carbons (Fsp3) is 0.368. The Balaban J connectivity index is 2.08. The zero-order valence-electron chi connectivity index (χ0n) is 13.4. The molecule has 2 rings (SSSR count). The Morgan fingerprint density at radius 1 is 1.00 bits per heavy atom. The summed E-state index contributed by atoms with van der Waals surface area (Å²) < 4.78 is 0. The maximum atomic E-state index is 10.4. The van der Waals surface area contributed by atoms with Crippen LogP contribution in [-0.4, -0.2) is 18.7 Å². The summed E-state index contributed by atoms with van der Waals surface area (Å²) in [5.74, 6) is 0. The monoisotopic (exact) mass is 283 g/mol. The molecule has 2 heteroatoms. The van der Waals surface area contributed by atoms with Crippen molar-refractivity contribution < 1.29 is 5.11 Å². The van der Waals surface area contributed by atoms with Crippen LogP contribution in [0.15, 0.2) is 42.5 Å². The molecule has 2 aromatic carbocycles. The predicted molar refractivity (Wildman–Crippen MR) is 90.0 cm³/mol. The Morgan fingerprint density at radius 3 is 2.10 bits per heavy atom. The SMILES string of the molecule is CCc1ccc(C(O)CN(C)c2cc(C)cc(C)c2)cc1. The molecule has 0 spiro atoms. The molecular formula is C19H25NO. The highest BCUT2D eigenvalue weighted by molar-refractivity contribution is 5.50. The van der Waals surface area contributed by atoms with Crippen molar-refractivity contribution >= 4 is 5.69 Å². The Hall–Kier alpha value is -1.80. The summed E-state index contributed by atoms with van der Waals surface area (Å²) >= 11 is 0. The van der Waals surface area contributed by atoms with E-state index in [1.165, 1.54) is 16.7 Å². The number of aryl methyl sites for hydroxylation is 3. The van der Waals surface area contributed by atoms with Crippen molar-refractivity contribution in [3.63, 3.8) is 0 Å². The summed E-state index contributed by atoms with van der Waals surface area (Å²) in [7, 11) is 2.03. The van der Waals surface area contributed by atoms with E-state index in [-0.39, 0.29) is 0 Å². The minimum Gasteiger partial charge on any atom is -0.387 e. The van der Waals surface area contributed by atoms with E-state index in [2.05, 4.69) is 56.0 Å². The van der Waals surface area contributed by atoms with Crippen LogP contribution in [0.1, 0.15) is 35.3 Å². The lowest BCUT2D eigenvalue weighted by molar-refractivity contribution is 0.185. The predicted octanol–water partition coefficient (Wildman–Crippen LogP) is 4.04. The highest BCUT2D eigenvalue weighted by Crippen LogP contribution is 2.21. The molecule has 0 aliphatic rings. The molecule has 0 bridgehead atoms. The molecule has 0 saturated heterocycles. The molecule has 0 saturated carbocycles. The van der Waals surface area contributed by atoms with Crippen LogP contribution in [-0.2, 0) is 6.42 Å². The molecule has 0 amide bonds. The maximum Gasteiger partial charge on any atom is 0.0964 e. The number of likely N-dealkylation sites (N-methyl/N-ethyl adjacent to an activating group) is 1. The van der Waals surface area contributed by atoms with Crippen LogP contribution in [0.25, 0.3) is 0 Å². The van der Waals surface area contributed by atoms with Gasteiger partial charge in [0.15, 0.2) is 0 Å². The minimum absolute atomic E-state index is 0.471. The molecule has 0 aliphatic heterocycles. The van der Waals surface area contributed by atoms with Gasteiger partial charge in [-0.3, -0.25) is 0 Å². The summed E-state index contributed by atoms with van der Waals surface area (Å²) in [4.78, 5) is 2.11. The fourth-order valence-corrected chi connectivity index (χ4v) is 2.62. The number of benzene rings is 2. The molecule has 0 aliphatic carbocycles. The minimum atomic E-state index is -0.471. The van der Waals surface area contributed by atoms with Gasteiger partial charge in [0.2, 0.25) is 0 Å². The number of anilines is 1. The first kappa shape index (κ1) is 15.6. The molecule has 2 aromatic rings. The second kappa shape index (κ2) is 6.77. The topological polar surface area (TPSA) is 23.5 Å². The van der Waals surface area contributed by atoms with Crippen molar-refractivity contribution in [2.45, 2.75) is 33.3 Å². The Kier molecular flexibility index (Phi) is 5.03. The van der Waals surface area contributed by atoms with Crippen molar-refractivity contribution in [3.05, 3.63) is 64.7 Å². The van der Waals surface area contributed by atoms with Crippen LogP contribution in [0.2, 0.25) is 0 Å². The molecule has 21 heavy (non-hydrogen) atoms. The van der Waals surface area contributed by atoms with Crippen LogP contribution in [0.5, 0.6) is 0 Å². The quantitative estimate of drug-likeness (QED) is 0.895. The van der Waals surface area contributed by atoms with E-state index in [1.54, 1.807) is 0 Å². The number of hydrogen-bond donors (Lipinski definition) is 1. The van der Waals surface area contributed by atoms with Gasteiger partial charge in [0.25, 0.3) is 0 Å². The lowest BCUT2D eigenvalue weighted by Crippen LogP contribution is -2.24. The maximum absolute atomic E-state index is 10.4. The van der Waals surface area contributed by atoms with Crippen molar-refractivity contribution in [1.82, 2.24) is 0 Å². The molecule has 1 N–H and O–H groups in total. The van der Waals surface area contributed by atoms with E-state index in [4.69, 9.17) is 0 Å². The zero-order chi connectivity index (χ0) is 15.4. The van der Waals surface area contributed by atoms with Crippen LogP contribution >= 0.6 is 0 Å². The largest absolute Gasteiger partial charge is 0.387 e. The van der Waals surface area contributed by atoms with Gasteiger partial charge >= 0.3 is 0 Å². The first-order chi connectivity index (χ1) is 9.99. The van der Waals surface area contributed by atoms with Crippen LogP contribution in [0.4, 0.5) is 5.69 Å². The van der Waals surface area contributed by atoms with Gasteiger partial charge in [-0.25, -0.2) is 0 Å². The van der Waals surface area contributed by atoms with E-state index < -0.39 is 6.10 Å². The number of rotatable bonds is 5. The van der Waals surface area contributed by atoms with Gasteiger partial charge in [-0.15, -0.1) is 0 Å². The summed E-state index contributed by atoms with van der Waals surface area (Å²) in [6, 6.07) is 14.7. The number of hydrogen-bond acceptors (Lipinski definition) is 2. The van der Waals surface area contributed by atoms with Gasteiger partial charge < -0.3 is 10.0 Å². The molecular weight excluding hydrogens is 258 g/mol. The molecule has 112 valence electrons. The van der Waals surface area contributed by atoms with E-state index >= 15 is 0 Å². The van der Waals surface area contributed by atoms with Gasteiger partial charge in [-0.1, -0.05) is 37.3 Å². The van der Waals surface area contributed by atoms with Gasteiger partial charge in [0.05, 0.1) is 6.10 Å². The summed E-state index contributed by atoms with van der Waals surface area (Å²) in [5, 5.41) is 10.4. The van der Waals surface area contributed by atoms with Gasteiger partial charge in [0, 0.05) is 19.3 Å². The first-order valence-electron chi connectivity index (χ1n) is 7.56. The number of nitrogens with zero attached hydrogens (tertiary/aromatic N) is 1. The third-order valence-electron chi connectivity index (χ3n) is 3.87. The average Bonchev–Trinajstić information content (AvgIpc) is 2.46. The first-order valence-corrected chi connectivity index (χ1v) is 7.56. The lowest BCUT2D eigenvalue weighted by Gasteiger charge is -2.24. The van der Waals surface area contributed by atoms with Crippen LogP contribution < -0.4 is 4.90 Å². The van der Waals surface area contributed by atoms with Gasteiger partial charge in [-0.2, -0.15) is 0 Å². The van der Waals surface area contributed by atoms with Crippen molar-refractivity contribution in [3.8, 4) is 0 Å². The third-order valence-corrected chi connectivity index (χ3v) is 3.87. The molecule has 0 aromatic heterocycles. The highest BCUT2D eigenvalue weighted by Gasteiger charge is 2.11. The standard InChI is InChI=1S/C19H25NO/c1-5-16-6-8-17(9-7-16)19(21)13-20(4)18-11-14(2)10-15(3)12-18/h6-12,19,21H,5,13H2,1-4H3. The second-order valence-corrected chi connectivity index (χ2v) is 5.84. The lowest BCUT2D eigenvalue weighted by atomic mass is 10.0. The van der Waals surface area contributed by atoms with Crippen LogP contribution in [0, 0.1) is 13.8 Å². The van der Waals surface area contributed by atoms with E-state index in [9.17, 15) is 5.11 Å². The summed E-state index contributed by atoms with van der Waals surface area (Å²) in [6.45, 7) is 6.93. The van der Waals surface area contributed by atoms with E-state index in [0.29, 0.717) is 6.54 Å². The Labute approximate surface area is 128 Å². The van der Waals surface area contributed by atoms with Gasteiger partial charge in [-0.05, 0) is 54.7 Å². The third kappa shape index (κ3) is 4.08. The zero-order valence-corrected chi connectivity index (χ0v) is 13.4. The number of aliphatic hydroxyl groups is 1. The van der Waals surface area contributed by atoms with Crippen molar-refractivity contribution in [1.29, 1.82) is 0 Å². The Morgan fingerprint density at radius 2 is 1.57 bits per heavy atom. The van der Waals surface area contributed by atoms with Crippen molar-refractivity contribution in [2.24, 2.45) is 0 Å². The van der Waals surface area contributed by atoms with Crippen molar-refractivity contribution in [2.75, 3.05) is 18.5 Å². The highest BCUT2D eigenvalue weighted by atomic mass is 16.3. The normalized spacial score (nSPS) is 12.2. The summed E-state index contributed by atoms with van der Waals surface area (Å²) in [5.41, 5.74) is 5.92. The van der Waals surface area contributed by atoms with E-state index in [1.807, 2.05) is 19.2 Å². The molecule has 1 unspecified atom stereocenters. The molecule has 2 nitrogen and oxygen atoms in total.